The number of hydrogen-bond donors (Lipinski definition) is 2. The first kappa shape index (κ1) is 14.4. The summed E-state index contributed by atoms with van der Waals surface area (Å²) in [7, 11) is 0. The van der Waals surface area contributed by atoms with E-state index in [2.05, 4.69) is 5.32 Å². The van der Waals surface area contributed by atoms with Gasteiger partial charge in [0.05, 0.1) is 11.5 Å². The fourth-order valence-electron chi connectivity index (χ4n) is 3.36. The Morgan fingerprint density at radius 3 is 2.76 bits per heavy atom. The predicted molar refractivity (Wildman–Crippen MR) is 79.2 cm³/mol. The van der Waals surface area contributed by atoms with Crippen LogP contribution in [0.5, 0.6) is 0 Å². The normalized spacial score (nSPS) is 22.2. The van der Waals surface area contributed by atoms with Gasteiger partial charge in [0.2, 0.25) is 5.91 Å². The van der Waals surface area contributed by atoms with E-state index >= 15 is 0 Å². The van der Waals surface area contributed by atoms with Gasteiger partial charge in [-0.15, -0.1) is 0 Å². The monoisotopic (exact) mass is 307 g/mol. The maximum Gasteiger partial charge on any atom is 0.310 e. The largest absolute Gasteiger partial charge is 0.481 e. The molecule has 3 rings (SSSR count). The Balaban J connectivity index is 1.66. The van der Waals surface area contributed by atoms with E-state index in [1.165, 1.54) is 5.56 Å². The van der Waals surface area contributed by atoms with E-state index in [0.29, 0.717) is 17.9 Å². The van der Waals surface area contributed by atoms with Crippen LogP contribution in [0.25, 0.3) is 0 Å². The maximum atomic E-state index is 12.2. The third-order valence-corrected chi connectivity index (χ3v) is 5.02. The summed E-state index contributed by atoms with van der Waals surface area (Å²) in [6.07, 6.45) is 3.93. The fourth-order valence-corrected chi connectivity index (χ4v) is 3.55. The number of hydrogen-bond acceptors (Lipinski definition) is 2. The number of rotatable bonds is 4. The number of halogens is 1. The molecule has 1 saturated carbocycles. The van der Waals surface area contributed by atoms with Crippen LogP contribution in [-0.4, -0.2) is 17.0 Å². The van der Waals surface area contributed by atoms with Crippen LogP contribution >= 0.6 is 11.6 Å². The van der Waals surface area contributed by atoms with E-state index in [9.17, 15) is 14.7 Å². The Morgan fingerprint density at radius 1 is 1.38 bits per heavy atom. The molecule has 2 N–H and O–H groups in total. The predicted octanol–water partition coefficient (Wildman–Crippen LogP) is 3.09. The number of carbonyl (C=O) groups is 2. The molecular weight excluding hydrogens is 290 g/mol. The van der Waals surface area contributed by atoms with Crippen LogP contribution in [0.15, 0.2) is 18.2 Å². The summed E-state index contributed by atoms with van der Waals surface area (Å²) in [5.74, 6) is -1.01. The first-order valence-electron chi connectivity index (χ1n) is 7.31. The van der Waals surface area contributed by atoms with Crippen LogP contribution in [0.4, 0.5) is 0 Å². The molecule has 0 aliphatic heterocycles. The van der Waals surface area contributed by atoms with Gasteiger partial charge in [-0.1, -0.05) is 24.1 Å². The number of nitrogens with one attached hydrogen (secondary N) is 1. The molecule has 1 fully saturated rings. The lowest BCUT2D eigenvalue weighted by Gasteiger charge is -2.37. The highest BCUT2D eigenvalue weighted by molar-refractivity contribution is 6.30. The highest BCUT2D eigenvalue weighted by atomic mass is 35.5. The molecule has 5 heteroatoms. The van der Waals surface area contributed by atoms with Crippen molar-refractivity contribution in [2.75, 3.05) is 0 Å². The second-order valence-corrected chi connectivity index (χ2v) is 6.55. The molecular formula is C16H18ClNO3. The zero-order chi connectivity index (χ0) is 15.0. The number of aryl methyl sites for hydroxylation is 1. The number of aliphatic carboxylic acids is 1. The molecule has 4 nitrogen and oxygen atoms in total. The Hall–Kier alpha value is -1.55. The molecule has 112 valence electrons. The number of fused-ring (bicyclic) bond motifs is 1. The molecule has 1 aromatic rings. The molecule has 0 aromatic heterocycles. The summed E-state index contributed by atoms with van der Waals surface area (Å²) in [5, 5.41) is 13.0. The third-order valence-electron chi connectivity index (χ3n) is 4.78. The molecule has 0 spiro atoms. The Labute approximate surface area is 128 Å². The zero-order valence-electron chi connectivity index (χ0n) is 11.7. The number of carbonyl (C=O) groups excluding carboxylic acids is 1. The summed E-state index contributed by atoms with van der Waals surface area (Å²) < 4.78 is 0. The van der Waals surface area contributed by atoms with Crippen molar-refractivity contribution < 1.29 is 14.7 Å². The Kier molecular flexibility index (Phi) is 3.66. The standard InChI is InChI=1S/C16H18ClNO3/c17-11-3-4-12-10(8-11)2-5-13(12)18-14(19)9-16(15(20)21)6-1-7-16/h3-4,8,13H,1-2,5-7,9H2,(H,18,19)(H,20,21). The SMILES string of the molecule is O=C(CC1(C(=O)O)CCC1)NC1CCc2cc(Cl)ccc21. The van der Waals surface area contributed by atoms with Crippen molar-refractivity contribution in [3.63, 3.8) is 0 Å². The quantitative estimate of drug-likeness (QED) is 0.898. The molecule has 1 unspecified atom stereocenters. The number of carboxylic acids is 1. The highest BCUT2D eigenvalue weighted by Crippen LogP contribution is 2.44. The van der Waals surface area contributed by atoms with E-state index in [1.807, 2.05) is 18.2 Å². The minimum atomic E-state index is -0.845. The lowest BCUT2D eigenvalue weighted by molar-refractivity contribution is -0.157. The third kappa shape index (κ3) is 2.64. The highest BCUT2D eigenvalue weighted by Gasteiger charge is 2.46. The van der Waals surface area contributed by atoms with Crippen molar-refractivity contribution in [3.8, 4) is 0 Å². The zero-order valence-corrected chi connectivity index (χ0v) is 12.4. The lowest BCUT2D eigenvalue weighted by atomic mass is 9.66. The van der Waals surface area contributed by atoms with Gasteiger partial charge in [-0.2, -0.15) is 0 Å². The van der Waals surface area contributed by atoms with Crippen LogP contribution in [-0.2, 0) is 16.0 Å². The van der Waals surface area contributed by atoms with Gasteiger partial charge in [0.1, 0.15) is 0 Å². The van der Waals surface area contributed by atoms with Gasteiger partial charge < -0.3 is 10.4 Å². The van der Waals surface area contributed by atoms with Gasteiger partial charge >= 0.3 is 5.97 Å². The summed E-state index contributed by atoms with van der Waals surface area (Å²) >= 11 is 5.97. The van der Waals surface area contributed by atoms with Crippen LogP contribution in [0.3, 0.4) is 0 Å². The van der Waals surface area contributed by atoms with Gasteiger partial charge in [0, 0.05) is 11.4 Å². The summed E-state index contributed by atoms with van der Waals surface area (Å²) in [6.45, 7) is 0. The van der Waals surface area contributed by atoms with Crippen LogP contribution < -0.4 is 5.32 Å². The number of benzene rings is 1. The van der Waals surface area contributed by atoms with Gasteiger partial charge in [-0.25, -0.2) is 0 Å². The first-order valence-corrected chi connectivity index (χ1v) is 7.69. The Morgan fingerprint density at radius 2 is 2.14 bits per heavy atom. The average molecular weight is 308 g/mol. The molecule has 2 aliphatic carbocycles. The second kappa shape index (κ2) is 5.34. The van der Waals surface area contributed by atoms with Crippen molar-refractivity contribution in [1.29, 1.82) is 0 Å². The smallest absolute Gasteiger partial charge is 0.310 e. The second-order valence-electron chi connectivity index (χ2n) is 6.12. The average Bonchev–Trinajstić information content (AvgIpc) is 2.75. The molecule has 1 aromatic carbocycles. The molecule has 0 bridgehead atoms. The molecule has 1 atom stereocenters. The molecule has 0 radical (unpaired) electrons. The minimum absolute atomic E-state index is 0.0179. The van der Waals surface area contributed by atoms with Crippen LogP contribution in [0, 0.1) is 5.41 Å². The fraction of sp³-hybridized carbons (Fsp3) is 0.500. The molecule has 0 heterocycles. The maximum absolute atomic E-state index is 12.2. The van der Waals surface area contributed by atoms with Crippen LogP contribution in [0.2, 0.25) is 5.02 Å². The molecule has 21 heavy (non-hydrogen) atoms. The van der Waals surface area contributed by atoms with Crippen molar-refractivity contribution in [2.45, 2.75) is 44.6 Å². The van der Waals surface area contributed by atoms with Crippen molar-refractivity contribution in [1.82, 2.24) is 5.32 Å². The van der Waals surface area contributed by atoms with Crippen molar-refractivity contribution in [3.05, 3.63) is 34.3 Å². The minimum Gasteiger partial charge on any atom is -0.481 e. The van der Waals surface area contributed by atoms with E-state index in [0.717, 1.165) is 24.8 Å². The summed E-state index contributed by atoms with van der Waals surface area (Å²) in [4.78, 5) is 23.5. The summed E-state index contributed by atoms with van der Waals surface area (Å²) in [5.41, 5.74) is 1.45. The van der Waals surface area contributed by atoms with Crippen LogP contribution in [0.1, 0.15) is 49.3 Å². The number of carboxylic acid groups (broad SMARTS) is 1. The van der Waals surface area contributed by atoms with Gasteiger partial charge in [0.15, 0.2) is 0 Å². The van der Waals surface area contributed by atoms with Gasteiger partial charge in [-0.05, 0) is 48.9 Å². The molecule has 2 aliphatic rings. The van der Waals surface area contributed by atoms with E-state index in [1.54, 1.807) is 0 Å². The van der Waals surface area contributed by atoms with Gasteiger partial charge in [0.25, 0.3) is 0 Å². The lowest BCUT2D eigenvalue weighted by Crippen LogP contribution is -2.43. The van der Waals surface area contributed by atoms with Crippen molar-refractivity contribution in [2.24, 2.45) is 5.41 Å². The first-order chi connectivity index (χ1) is 10.00. The van der Waals surface area contributed by atoms with E-state index in [-0.39, 0.29) is 18.4 Å². The van der Waals surface area contributed by atoms with E-state index in [4.69, 9.17) is 11.6 Å². The Bertz CT molecular complexity index is 595. The molecule has 0 saturated heterocycles. The summed E-state index contributed by atoms with van der Waals surface area (Å²) in [6, 6.07) is 5.70. The number of amides is 1. The molecule has 1 amide bonds. The van der Waals surface area contributed by atoms with Crippen molar-refractivity contribution >= 4 is 23.5 Å². The topological polar surface area (TPSA) is 66.4 Å². The van der Waals surface area contributed by atoms with Gasteiger partial charge in [-0.3, -0.25) is 9.59 Å². The van der Waals surface area contributed by atoms with E-state index < -0.39 is 11.4 Å².